The van der Waals surface area contributed by atoms with Gasteiger partial charge in [-0.15, -0.1) is 0 Å². The van der Waals surface area contributed by atoms with Gasteiger partial charge in [-0.25, -0.2) is 0 Å². The Morgan fingerprint density at radius 1 is 1.53 bits per heavy atom. The molecule has 0 aliphatic heterocycles. The number of nitrogens with zero attached hydrogens (tertiary/aromatic N) is 2. The van der Waals surface area contributed by atoms with Crippen molar-refractivity contribution in [3.63, 3.8) is 0 Å². The summed E-state index contributed by atoms with van der Waals surface area (Å²) in [5.74, 6) is 0.204. The van der Waals surface area contributed by atoms with E-state index in [0.717, 1.165) is 11.3 Å². The van der Waals surface area contributed by atoms with Gasteiger partial charge in [0.05, 0.1) is 17.9 Å². The third-order valence-corrected chi connectivity index (χ3v) is 2.07. The average Bonchev–Trinajstić information content (AvgIpc) is 2.47. The van der Waals surface area contributed by atoms with Gasteiger partial charge in [-0.1, -0.05) is 20.8 Å². The largest absolute Gasteiger partial charge is 0.478 e. The number of aromatic nitrogens is 2. The number of nitrogens with one attached hydrogen (secondary N) is 1. The van der Waals surface area contributed by atoms with Gasteiger partial charge in [0.25, 0.3) is 0 Å². The molecule has 1 heterocycles. The highest BCUT2D eigenvalue weighted by atomic mass is 16.5. The second kappa shape index (κ2) is 4.04. The maximum atomic E-state index is 7.79. The fraction of sp³-hybridized carbons (Fsp3) is 0.636. The summed E-state index contributed by atoms with van der Waals surface area (Å²) in [7, 11) is 1.86. The van der Waals surface area contributed by atoms with Gasteiger partial charge < -0.3 is 4.74 Å². The van der Waals surface area contributed by atoms with Crippen LogP contribution >= 0.6 is 0 Å². The normalized spacial score (nSPS) is 11.5. The second-order valence-corrected chi connectivity index (χ2v) is 4.58. The summed E-state index contributed by atoms with van der Waals surface area (Å²) < 4.78 is 6.93. The van der Waals surface area contributed by atoms with Crippen molar-refractivity contribution in [1.82, 2.24) is 9.78 Å². The highest BCUT2D eigenvalue weighted by Crippen LogP contribution is 2.24. The Kier molecular flexibility index (Phi) is 3.17. The fourth-order valence-corrected chi connectivity index (χ4v) is 1.43. The molecule has 0 saturated carbocycles. The molecule has 15 heavy (non-hydrogen) atoms. The molecule has 1 N–H and O–H groups in total. The summed E-state index contributed by atoms with van der Waals surface area (Å²) >= 11 is 0. The molecule has 0 saturated heterocycles. The highest BCUT2D eigenvalue weighted by molar-refractivity contribution is 5.92. The lowest BCUT2D eigenvalue weighted by molar-refractivity contribution is 0.325. The number of hydrogen-bond donors (Lipinski definition) is 1. The SMILES string of the molecule is CCOC(=N)c1cn(C)nc1C(C)(C)C. The number of ether oxygens (including phenoxy) is 1. The molecule has 0 bridgehead atoms. The molecule has 1 rings (SSSR count). The topological polar surface area (TPSA) is 50.9 Å². The molecule has 0 atom stereocenters. The van der Waals surface area contributed by atoms with Gasteiger partial charge in [0.2, 0.25) is 5.90 Å². The first-order valence-electron chi connectivity index (χ1n) is 5.12. The molecule has 0 spiro atoms. The van der Waals surface area contributed by atoms with E-state index < -0.39 is 0 Å². The minimum atomic E-state index is -0.0694. The van der Waals surface area contributed by atoms with Gasteiger partial charge in [0, 0.05) is 18.7 Å². The average molecular weight is 209 g/mol. The minimum absolute atomic E-state index is 0.0694. The summed E-state index contributed by atoms with van der Waals surface area (Å²) in [6, 6.07) is 0. The van der Waals surface area contributed by atoms with Crippen LogP contribution in [0.4, 0.5) is 0 Å². The first-order chi connectivity index (χ1) is 6.86. The van der Waals surface area contributed by atoms with Crippen LogP contribution < -0.4 is 0 Å². The predicted molar refractivity (Wildman–Crippen MR) is 60.4 cm³/mol. The summed E-state index contributed by atoms with van der Waals surface area (Å²) in [4.78, 5) is 0. The summed E-state index contributed by atoms with van der Waals surface area (Å²) in [6.45, 7) is 8.63. The maximum Gasteiger partial charge on any atom is 0.216 e. The molecule has 1 aromatic rings. The highest BCUT2D eigenvalue weighted by Gasteiger charge is 2.24. The van der Waals surface area contributed by atoms with Gasteiger partial charge in [-0.3, -0.25) is 10.1 Å². The van der Waals surface area contributed by atoms with E-state index in [2.05, 4.69) is 25.9 Å². The monoisotopic (exact) mass is 209 g/mol. The molecule has 0 unspecified atom stereocenters. The number of hydrogen-bond acceptors (Lipinski definition) is 3. The predicted octanol–water partition coefficient (Wildman–Crippen LogP) is 2.08. The van der Waals surface area contributed by atoms with Crippen LogP contribution in [0.15, 0.2) is 6.20 Å². The zero-order chi connectivity index (χ0) is 11.6. The van der Waals surface area contributed by atoms with Crippen molar-refractivity contribution in [2.75, 3.05) is 6.61 Å². The van der Waals surface area contributed by atoms with Gasteiger partial charge >= 0.3 is 0 Å². The lowest BCUT2D eigenvalue weighted by Gasteiger charge is -2.17. The van der Waals surface area contributed by atoms with Gasteiger partial charge in [0.1, 0.15) is 0 Å². The number of aryl methyl sites for hydroxylation is 1. The molecule has 0 amide bonds. The summed E-state index contributed by atoms with van der Waals surface area (Å²) in [5.41, 5.74) is 1.62. The standard InChI is InChI=1S/C11H19N3O/c1-6-15-10(12)8-7-14(5)13-9(8)11(2,3)4/h7,12H,6H2,1-5H3. The second-order valence-electron chi connectivity index (χ2n) is 4.58. The van der Waals surface area contributed by atoms with Crippen LogP contribution in [0.5, 0.6) is 0 Å². The third-order valence-electron chi connectivity index (χ3n) is 2.07. The Bertz CT molecular complexity index is 360. The lowest BCUT2D eigenvalue weighted by Crippen LogP contribution is -2.18. The first-order valence-corrected chi connectivity index (χ1v) is 5.12. The molecule has 4 heteroatoms. The summed E-state index contributed by atoms with van der Waals surface area (Å²) in [6.07, 6.45) is 1.83. The van der Waals surface area contributed by atoms with Crippen molar-refractivity contribution in [3.8, 4) is 0 Å². The molecule has 0 fully saturated rings. The van der Waals surface area contributed by atoms with Crippen molar-refractivity contribution in [2.45, 2.75) is 33.1 Å². The molecule has 0 aliphatic rings. The van der Waals surface area contributed by atoms with Crippen molar-refractivity contribution >= 4 is 5.90 Å². The van der Waals surface area contributed by atoms with E-state index in [0.29, 0.717) is 6.61 Å². The lowest BCUT2D eigenvalue weighted by atomic mass is 9.89. The fourth-order valence-electron chi connectivity index (χ4n) is 1.43. The Balaban J connectivity index is 3.12. The van der Waals surface area contributed by atoms with Gasteiger partial charge in [-0.05, 0) is 6.92 Å². The molecule has 1 aromatic heterocycles. The van der Waals surface area contributed by atoms with Crippen molar-refractivity contribution in [3.05, 3.63) is 17.5 Å². The third kappa shape index (κ3) is 2.58. The number of rotatable bonds is 2. The molecule has 0 aliphatic carbocycles. The Morgan fingerprint density at radius 3 is 2.60 bits per heavy atom. The van der Waals surface area contributed by atoms with E-state index in [9.17, 15) is 0 Å². The molecular formula is C11H19N3O. The molecule has 0 aromatic carbocycles. The van der Waals surface area contributed by atoms with Gasteiger partial charge in [0.15, 0.2) is 0 Å². The van der Waals surface area contributed by atoms with E-state index in [1.807, 2.05) is 20.2 Å². The Labute approximate surface area is 90.8 Å². The quantitative estimate of drug-likeness (QED) is 0.599. The zero-order valence-electron chi connectivity index (χ0n) is 10.1. The smallest absolute Gasteiger partial charge is 0.216 e. The van der Waals surface area contributed by atoms with E-state index in [1.165, 1.54) is 0 Å². The van der Waals surface area contributed by atoms with Crippen LogP contribution in [0.1, 0.15) is 39.0 Å². The minimum Gasteiger partial charge on any atom is -0.478 e. The maximum absolute atomic E-state index is 7.79. The molecule has 4 nitrogen and oxygen atoms in total. The van der Waals surface area contributed by atoms with Crippen LogP contribution in [0, 0.1) is 5.41 Å². The van der Waals surface area contributed by atoms with Crippen LogP contribution in [0.25, 0.3) is 0 Å². The summed E-state index contributed by atoms with van der Waals surface area (Å²) in [5, 5.41) is 12.2. The molecular weight excluding hydrogens is 190 g/mol. The Hall–Kier alpha value is -1.32. The van der Waals surface area contributed by atoms with Crippen LogP contribution in [0.3, 0.4) is 0 Å². The van der Waals surface area contributed by atoms with E-state index in [-0.39, 0.29) is 11.3 Å². The van der Waals surface area contributed by atoms with Crippen LogP contribution in [0.2, 0.25) is 0 Å². The van der Waals surface area contributed by atoms with Crippen LogP contribution in [-0.2, 0) is 17.2 Å². The van der Waals surface area contributed by atoms with Crippen molar-refractivity contribution in [2.24, 2.45) is 7.05 Å². The Morgan fingerprint density at radius 2 is 2.13 bits per heavy atom. The van der Waals surface area contributed by atoms with Crippen molar-refractivity contribution < 1.29 is 4.74 Å². The van der Waals surface area contributed by atoms with Gasteiger partial charge in [-0.2, -0.15) is 5.10 Å². The first kappa shape index (κ1) is 11.8. The zero-order valence-corrected chi connectivity index (χ0v) is 10.1. The molecule has 0 radical (unpaired) electrons. The van der Waals surface area contributed by atoms with E-state index in [4.69, 9.17) is 10.1 Å². The van der Waals surface area contributed by atoms with E-state index >= 15 is 0 Å². The van der Waals surface area contributed by atoms with E-state index in [1.54, 1.807) is 4.68 Å². The van der Waals surface area contributed by atoms with Crippen LogP contribution in [-0.4, -0.2) is 22.3 Å². The van der Waals surface area contributed by atoms with Crippen molar-refractivity contribution in [1.29, 1.82) is 5.41 Å². The molecule has 84 valence electrons.